The SMILES string of the molecule is CN1CCN(CCCCOc2ccc(N3C(=O)C(=Cc4ccc(Oc5ccc(C(N)=O)cc5)cc4)SC3=S)cc2)CC1.Cl.Cl. The van der Waals surface area contributed by atoms with Crippen molar-refractivity contribution in [2.75, 3.05) is 51.3 Å². The average molecular weight is 676 g/mol. The van der Waals surface area contributed by atoms with Crippen LogP contribution in [0, 0.1) is 0 Å². The predicted octanol–water partition coefficient (Wildman–Crippen LogP) is 6.23. The van der Waals surface area contributed by atoms with Crippen LogP contribution in [0.4, 0.5) is 5.69 Å². The number of hydrogen-bond acceptors (Lipinski definition) is 8. The van der Waals surface area contributed by atoms with Gasteiger partial charge in [-0.25, -0.2) is 0 Å². The number of rotatable bonds is 11. The quantitative estimate of drug-likeness (QED) is 0.145. The van der Waals surface area contributed by atoms with Crippen molar-refractivity contribution < 1.29 is 19.1 Å². The average Bonchev–Trinajstić information content (AvgIpc) is 3.27. The fraction of sp³-hybridized carbons (Fsp3) is 0.281. The molecular weight excluding hydrogens is 639 g/mol. The minimum absolute atomic E-state index is 0. The molecule has 0 radical (unpaired) electrons. The molecule has 0 bridgehead atoms. The van der Waals surface area contributed by atoms with E-state index in [1.165, 1.54) is 11.8 Å². The molecule has 234 valence electrons. The summed E-state index contributed by atoms with van der Waals surface area (Å²) in [5.74, 6) is 1.36. The third-order valence-electron chi connectivity index (χ3n) is 7.17. The second-order valence-corrected chi connectivity index (χ2v) is 11.9. The zero-order valence-electron chi connectivity index (χ0n) is 24.3. The lowest BCUT2D eigenvalue weighted by molar-refractivity contribution is -0.113. The molecule has 2 N–H and O–H groups in total. The van der Waals surface area contributed by atoms with Crippen LogP contribution in [0.5, 0.6) is 17.2 Å². The number of likely N-dealkylation sites (N-methyl/N-ethyl adjacent to an activating group) is 1. The van der Waals surface area contributed by atoms with E-state index in [4.69, 9.17) is 27.4 Å². The van der Waals surface area contributed by atoms with E-state index in [0.29, 0.717) is 32.9 Å². The molecule has 8 nitrogen and oxygen atoms in total. The first kappa shape index (κ1) is 35.4. The van der Waals surface area contributed by atoms with Crippen LogP contribution < -0.4 is 20.1 Å². The first-order valence-electron chi connectivity index (χ1n) is 14.0. The number of piperazine rings is 1. The van der Waals surface area contributed by atoms with E-state index in [2.05, 4.69) is 16.8 Å². The van der Waals surface area contributed by atoms with E-state index in [0.717, 1.165) is 62.6 Å². The monoisotopic (exact) mass is 674 g/mol. The standard InChI is InChI=1S/C32H34N4O4S2.2ClH/c1-34-17-19-35(20-18-34)16-2-3-21-39-26-14-8-25(9-15-26)36-31(38)29(42-32(36)41)22-23-4-10-27(11-5-23)40-28-12-6-24(7-13-28)30(33)37;;/h4-15,22H,2-3,16-21H2,1H3,(H2,33,37);2*1H. The second-order valence-electron chi connectivity index (χ2n) is 10.3. The number of anilines is 1. The number of carbonyl (C=O) groups is 2. The highest BCUT2D eigenvalue weighted by molar-refractivity contribution is 8.27. The van der Waals surface area contributed by atoms with Crippen molar-refractivity contribution in [2.45, 2.75) is 12.8 Å². The van der Waals surface area contributed by atoms with Crippen molar-refractivity contribution in [3.05, 3.63) is 88.8 Å². The predicted molar refractivity (Wildman–Crippen MR) is 187 cm³/mol. The lowest BCUT2D eigenvalue weighted by Gasteiger charge is -2.32. The molecule has 2 fully saturated rings. The van der Waals surface area contributed by atoms with E-state index in [-0.39, 0.29) is 30.7 Å². The van der Waals surface area contributed by atoms with Gasteiger partial charge in [0.15, 0.2) is 4.32 Å². The van der Waals surface area contributed by atoms with Crippen LogP contribution in [-0.2, 0) is 4.79 Å². The summed E-state index contributed by atoms with van der Waals surface area (Å²) in [6.07, 6.45) is 3.95. The molecule has 12 heteroatoms. The number of primary amides is 1. The van der Waals surface area contributed by atoms with Gasteiger partial charge in [0.1, 0.15) is 17.2 Å². The molecule has 0 spiro atoms. The molecule has 0 atom stereocenters. The molecule has 44 heavy (non-hydrogen) atoms. The lowest BCUT2D eigenvalue weighted by Crippen LogP contribution is -2.44. The minimum atomic E-state index is -0.486. The Morgan fingerprint density at radius 2 is 1.48 bits per heavy atom. The van der Waals surface area contributed by atoms with Gasteiger partial charge in [-0.15, -0.1) is 24.8 Å². The zero-order valence-corrected chi connectivity index (χ0v) is 27.6. The number of nitrogens with zero attached hydrogens (tertiary/aromatic N) is 3. The van der Waals surface area contributed by atoms with Gasteiger partial charge in [-0.2, -0.15) is 0 Å². The fourth-order valence-electron chi connectivity index (χ4n) is 4.69. The number of ether oxygens (including phenoxy) is 2. The zero-order chi connectivity index (χ0) is 29.5. The van der Waals surface area contributed by atoms with E-state index in [9.17, 15) is 9.59 Å². The van der Waals surface area contributed by atoms with Crippen molar-refractivity contribution in [1.29, 1.82) is 0 Å². The number of amides is 2. The largest absolute Gasteiger partial charge is 0.494 e. The van der Waals surface area contributed by atoms with Crippen molar-refractivity contribution in [2.24, 2.45) is 5.73 Å². The maximum absolute atomic E-state index is 13.2. The van der Waals surface area contributed by atoms with Crippen molar-refractivity contribution in [3.63, 3.8) is 0 Å². The van der Waals surface area contributed by atoms with Crippen LogP contribution in [0.25, 0.3) is 6.08 Å². The summed E-state index contributed by atoms with van der Waals surface area (Å²) in [6.45, 7) is 6.35. The van der Waals surface area contributed by atoms with E-state index < -0.39 is 5.91 Å². The molecule has 0 aliphatic carbocycles. The molecule has 5 rings (SSSR count). The maximum Gasteiger partial charge on any atom is 0.270 e. The summed E-state index contributed by atoms with van der Waals surface area (Å²) >= 11 is 6.82. The number of halogens is 2. The van der Waals surface area contributed by atoms with Gasteiger partial charge in [0, 0.05) is 31.7 Å². The Bertz CT molecular complexity index is 1450. The van der Waals surface area contributed by atoms with Crippen LogP contribution in [0.3, 0.4) is 0 Å². The third kappa shape index (κ3) is 9.44. The third-order valence-corrected chi connectivity index (χ3v) is 8.48. The van der Waals surface area contributed by atoms with Crippen LogP contribution in [-0.4, -0.2) is 72.3 Å². The molecule has 2 aliphatic heterocycles. The highest BCUT2D eigenvalue weighted by Gasteiger charge is 2.33. The maximum atomic E-state index is 13.2. The van der Waals surface area contributed by atoms with Crippen LogP contribution in [0.2, 0.25) is 0 Å². The summed E-state index contributed by atoms with van der Waals surface area (Å²) in [7, 11) is 2.17. The Hall–Kier alpha value is -3.12. The Morgan fingerprint density at radius 3 is 2.09 bits per heavy atom. The molecule has 0 saturated carbocycles. The van der Waals surface area contributed by atoms with Gasteiger partial charge in [0.2, 0.25) is 5.91 Å². The number of thiocarbonyl (C=S) groups is 1. The molecule has 2 saturated heterocycles. The number of unbranched alkanes of at least 4 members (excludes halogenated alkanes) is 1. The van der Waals surface area contributed by atoms with Gasteiger partial charge >= 0.3 is 0 Å². The Balaban J connectivity index is 0.00000264. The van der Waals surface area contributed by atoms with Crippen molar-refractivity contribution in [1.82, 2.24) is 9.80 Å². The first-order chi connectivity index (χ1) is 20.4. The Morgan fingerprint density at radius 1 is 0.886 bits per heavy atom. The van der Waals surface area contributed by atoms with Gasteiger partial charge in [0.05, 0.1) is 17.2 Å². The highest BCUT2D eigenvalue weighted by Crippen LogP contribution is 2.37. The normalized spacial score (nSPS) is 16.4. The van der Waals surface area contributed by atoms with Gasteiger partial charge in [-0.1, -0.05) is 36.1 Å². The van der Waals surface area contributed by atoms with Gasteiger partial charge in [0.25, 0.3) is 5.91 Å². The summed E-state index contributed by atoms with van der Waals surface area (Å²) in [5, 5.41) is 0. The smallest absolute Gasteiger partial charge is 0.270 e. The Labute approximate surface area is 280 Å². The molecule has 0 unspecified atom stereocenters. The second kappa shape index (κ2) is 16.8. The molecule has 0 aromatic heterocycles. The molecule has 3 aromatic carbocycles. The molecule has 2 heterocycles. The highest BCUT2D eigenvalue weighted by atomic mass is 35.5. The molecule has 3 aromatic rings. The fourth-order valence-corrected chi connectivity index (χ4v) is 5.99. The number of benzene rings is 3. The summed E-state index contributed by atoms with van der Waals surface area (Å²) in [6, 6.07) is 21.5. The molecule has 2 aliphatic rings. The number of thioether (sulfide) groups is 1. The summed E-state index contributed by atoms with van der Waals surface area (Å²) < 4.78 is 12.3. The van der Waals surface area contributed by atoms with E-state index >= 15 is 0 Å². The van der Waals surface area contributed by atoms with Crippen LogP contribution in [0.15, 0.2) is 77.7 Å². The van der Waals surface area contributed by atoms with Crippen LogP contribution in [0.1, 0.15) is 28.8 Å². The van der Waals surface area contributed by atoms with Gasteiger partial charge < -0.3 is 25.0 Å². The molecule has 2 amide bonds. The van der Waals surface area contributed by atoms with Crippen LogP contribution >= 0.6 is 48.8 Å². The topological polar surface area (TPSA) is 88.3 Å². The van der Waals surface area contributed by atoms with Gasteiger partial charge in [-0.05, 0) is 98.7 Å². The lowest BCUT2D eigenvalue weighted by atomic mass is 10.2. The number of hydrogen-bond donors (Lipinski definition) is 1. The van der Waals surface area contributed by atoms with E-state index in [1.807, 2.05) is 54.6 Å². The van der Waals surface area contributed by atoms with E-state index in [1.54, 1.807) is 29.2 Å². The summed E-state index contributed by atoms with van der Waals surface area (Å²) in [5.41, 5.74) is 7.27. The Kier molecular flexibility index (Phi) is 13.5. The molecular formula is C32H36Cl2N4O4S2. The summed E-state index contributed by atoms with van der Waals surface area (Å²) in [4.78, 5) is 31.5. The first-order valence-corrected chi connectivity index (χ1v) is 15.2. The van der Waals surface area contributed by atoms with Crippen molar-refractivity contribution in [3.8, 4) is 17.2 Å². The van der Waals surface area contributed by atoms with Gasteiger partial charge in [-0.3, -0.25) is 14.5 Å². The minimum Gasteiger partial charge on any atom is -0.494 e. The number of nitrogens with two attached hydrogens (primary N) is 1. The number of carbonyl (C=O) groups excluding carboxylic acids is 2. The van der Waals surface area contributed by atoms with Crippen molar-refractivity contribution >= 4 is 76.7 Å².